The first-order valence-electron chi connectivity index (χ1n) is 10.9. The highest BCUT2D eigenvalue weighted by atomic mass is 32.2. The number of carbonyl (C=O) groups is 1. The number of amides is 1. The minimum Gasteiger partial charge on any atom is -0.349 e. The van der Waals surface area contributed by atoms with Crippen LogP contribution in [0.25, 0.3) is 0 Å². The lowest BCUT2D eigenvalue weighted by Gasteiger charge is -2.17. The fourth-order valence-electron chi connectivity index (χ4n) is 2.98. The van der Waals surface area contributed by atoms with Crippen molar-refractivity contribution in [3.8, 4) is 0 Å². The lowest BCUT2D eigenvalue weighted by Crippen LogP contribution is -2.34. The van der Waals surface area contributed by atoms with Crippen LogP contribution in [0.1, 0.15) is 74.2 Å². The summed E-state index contributed by atoms with van der Waals surface area (Å²) in [6.45, 7) is 5.00. The standard InChI is InChI=1S/C23H40N2OS2/c1-3-22(25-23(26)21-12-10-20(2)11-13-21)14-18-27-16-8-6-4-5-7-9-17-28-19-15-24/h10-13,22H,3-9,14-19,24H2,1-2H3,(H,25,26)/t22-/m1/s1. The Morgan fingerprint density at radius 3 is 2.07 bits per heavy atom. The van der Waals surface area contributed by atoms with Gasteiger partial charge in [0.2, 0.25) is 0 Å². The summed E-state index contributed by atoms with van der Waals surface area (Å²) in [5.74, 6) is 4.80. The van der Waals surface area contributed by atoms with E-state index < -0.39 is 0 Å². The molecule has 0 aliphatic carbocycles. The van der Waals surface area contributed by atoms with Gasteiger partial charge in [0.05, 0.1) is 0 Å². The zero-order valence-corrected chi connectivity index (χ0v) is 19.5. The number of hydrogen-bond donors (Lipinski definition) is 2. The van der Waals surface area contributed by atoms with Crippen LogP contribution in [0.2, 0.25) is 0 Å². The van der Waals surface area contributed by atoms with E-state index in [4.69, 9.17) is 5.73 Å². The average molecular weight is 425 g/mol. The highest BCUT2D eigenvalue weighted by Gasteiger charge is 2.11. The molecule has 0 spiro atoms. The predicted molar refractivity (Wildman–Crippen MR) is 129 cm³/mol. The molecule has 1 atom stereocenters. The summed E-state index contributed by atoms with van der Waals surface area (Å²) in [4.78, 5) is 12.3. The van der Waals surface area contributed by atoms with Gasteiger partial charge in [0, 0.05) is 23.9 Å². The van der Waals surface area contributed by atoms with Gasteiger partial charge in [-0.05, 0) is 62.0 Å². The van der Waals surface area contributed by atoms with E-state index in [1.165, 1.54) is 55.6 Å². The van der Waals surface area contributed by atoms with E-state index in [-0.39, 0.29) is 11.9 Å². The molecule has 0 unspecified atom stereocenters. The molecule has 0 saturated heterocycles. The maximum absolute atomic E-state index is 12.3. The molecule has 160 valence electrons. The molecule has 0 heterocycles. The molecule has 0 aliphatic heterocycles. The van der Waals surface area contributed by atoms with E-state index in [1.54, 1.807) is 0 Å². The molecule has 0 radical (unpaired) electrons. The van der Waals surface area contributed by atoms with Gasteiger partial charge in [0.1, 0.15) is 0 Å². The number of rotatable bonds is 17. The summed E-state index contributed by atoms with van der Waals surface area (Å²) in [5.41, 5.74) is 7.43. The smallest absolute Gasteiger partial charge is 0.251 e. The monoisotopic (exact) mass is 424 g/mol. The minimum absolute atomic E-state index is 0.0540. The maximum Gasteiger partial charge on any atom is 0.251 e. The van der Waals surface area contributed by atoms with Gasteiger partial charge in [0.25, 0.3) is 5.91 Å². The third kappa shape index (κ3) is 12.7. The molecule has 3 N–H and O–H groups in total. The van der Waals surface area contributed by atoms with Crippen molar-refractivity contribution in [2.45, 2.75) is 71.3 Å². The molecule has 1 rings (SSSR count). The van der Waals surface area contributed by atoms with E-state index in [9.17, 15) is 4.79 Å². The third-order valence-corrected chi connectivity index (χ3v) is 7.05. The number of carbonyl (C=O) groups excluding carboxylic acids is 1. The first-order chi connectivity index (χ1) is 13.7. The van der Waals surface area contributed by atoms with Crippen LogP contribution in [0.3, 0.4) is 0 Å². The molecular weight excluding hydrogens is 384 g/mol. The van der Waals surface area contributed by atoms with Crippen molar-refractivity contribution in [2.24, 2.45) is 5.73 Å². The highest BCUT2D eigenvalue weighted by molar-refractivity contribution is 7.99. The number of thioether (sulfide) groups is 2. The van der Waals surface area contributed by atoms with Crippen LogP contribution >= 0.6 is 23.5 Å². The Bertz CT molecular complexity index is 508. The van der Waals surface area contributed by atoms with Gasteiger partial charge in [-0.25, -0.2) is 0 Å². The van der Waals surface area contributed by atoms with Gasteiger partial charge in [-0.2, -0.15) is 23.5 Å². The van der Waals surface area contributed by atoms with Crippen LogP contribution in [0, 0.1) is 6.92 Å². The summed E-state index contributed by atoms with van der Waals surface area (Å²) in [5, 5.41) is 3.18. The summed E-state index contributed by atoms with van der Waals surface area (Å²) in [6.07, 6.45) is 10.2. The van der Waals surface area contributed by atoms with Crippen LogP contribution in [-0.2, 0) is 0 Å². The second-order valence-corrected chi connectivity index (χ2v) is 9.82. The molecule has 1 aromatic rings. The van der Waals surface area contributed by atoms with Crippen LogP contribution in [-0.4, -0.2) is 41.5 Å². The van der Waals surface area contributed by atoms with E-state index in [0.717, 1.165) is 36.5 Å². The largest absolute Gasteiger partial charge is 0.349 e. The number of nitrogens with one attached hydrogen (secondary N) is 1. The van der Waals surface area contributed by atoms with Gasteiger partial charge < -0.3 is 11.1 Å². The summed E-state index contributed by atoms with van der Waals surface area (Å²) < 4.78 is 0. The van der Waals surface area contributed by atoms with Crippen molar-refractivity contribution in [2.75, 3.05) is 29.6 Å². The average Bonchev–Trinajstić information content (AvgIpc) is 2.70. The molecule has 5 heteroatoms. The van der Waals surface area contributed by atoms with Crippen LogP contribution < -0.4 is 11.1 Å². The lowest BCUT2D eigenvalue weighted by molar-refractivity contribution is 0.0935. The Morgan fingerprint density at radius 2 is 1.50 bits per heavy atom. The zero-order valence-electron chi connectivity index (χ0n) is 17.9. The lowest BCUT2D eigenvalue weighted by atomic mass is 10.1. The SMILES string of the molecule is CC[C@H](CCSCCCCCCCCSCCN)NC(=O)c1ccc(C)cc1. The molecule has 0 saturated carbocycles. The first kappa shape index (κ1) is 25.4. The van der Waals surface area contributed by atoms with Crippen LogP contribution in [0.15, 0.2) is 24.3 Å². The Kier molecular flexibility index (Phi) is 15.6. The van der Waals surface area contributed by atoms with Crippen molar-refractivity contribution in [3.05, 3.63) is 35.4 Å². The fourth-order valence-corrected chi connectivity index (χ4v) is 4.82. The predicted octanol–water partition coefficient (Wildman–Crippen LogP) is 5.66. The van der Waals surface area contributed by atoms with E-state index in [2.05, 4.69) is 12.2 Å². The summed E-state index contributed by atoms with van der Waals surface area (Å²) >= 11 is 4.02. The highest BCUT2D eigenvalue weighted by Crippen LogP contribution is 2.14. The van der Waals surface area contributed by atoms with E-state index in [0.29, 0.717) is 0 Å². The Hall–Kier alpha value is -0.650. The summed E-state index contributed by atoms with van der Waals surface area (Å²) in [6, 6.07) is 8.08. The normalized spacial score (nSPS) is 12.1. The topological polar surface area (TPSA) is 55.1 Å². The van der Waals surface area contributed by atoms with Gasteiger partial charge in [0.15, 0.2) is 0 Å². The van der Waals surface area contributed by atoms with E-state index in [1.807, 2.05) is 54.7 Å². The number of hydrogen-bond acceptors (Lipinski definition) is 4. The van der Waals surface area contributed by atoms with Crippen LogP contribution in [0.4, 0.5) is 0 Å². The fraction of sp³-hybridized carbons (Fsp3) is 0.696. The number of unbranched alkanes of at least 4 members (excludes halogenated alkanes) is 5. The molecule has 0 fully saturated rings. The number of benzene rings is 1. The molecule has 0 aliphatic rings. The van der Waals surface area contributed by atoms with Gasteiger partial charge in [-0.15, -0.1) is 0 Å². The molecule has 28 heavy (non-hydrogen) atoms. The van der Waals surface area contributed by atoms with Crippen LogP contribution in [0.5, 0.6) is 0 Å². The number of nitrogens with two attached hydrogens (primary N) is 1. The van der Waals surface area contributed by atoms with Crippen molar-refractivity contribution < 1.29 is 4.79 Å². The van der Waals surface area contributed by atoms with Crippen molar-refractivity contribution in [1.82, 2.24) is 5.32 Å². The second kappa shape index (κ2) is 17.2. The molecule has 0 aromatic heterocycles. The zero-order chi connectivity index (χ0) is 20.5. The molecule has 1 amide bonds. The van der Waals surface area contributed by atoms with Crippen molar-refractivity contribution in [3.63, 3.8) is 0 Å². The van der Waals surface area contributed by atoms with Gasteiger partial charge in [-0.3, -0.25) is 4.79 Å². The van der Waals surface area contributed by atoms with Crippen molar-refractivity contribution >= 4 is 29.4 Å². The first-order valence-corrected chi connectivity index (χ1v) is 13.2. The quantitative estimate of drug-likeness (QED) is 0.317. The van der Waals surface area contributed by atoms with Gasteiger partial charge >= 0.3 is 0 Å². The number of aryl methyl sites for hydroxylation is 1. The molecule has 0 bridgehead atoms. The van der Waals surface area contributed by atoms with E-state index >= 15 is 0 Å². The third-order valence-electron chi connectivity index (χ3n) is 4.84. The van der Waals surface area contributed by atoms with Gasteiger partial charge in [-0.1, -0.05) is 50.3 Å². The second-order valence-electron chi connectivity index (χ2n) is 7.37. The minimum atomic E-state index is 0.0540. The summed E-state index contributed by atoms with van der Waals surface area (Å²) in [7, 11) is 0. The Labute approximate surface area is 181 Å². The Morgan fingerprint density at radius 1 is 0.929 bits per heavy atom. The molecule has 3 nitrogen and oxygen atoms in total. The van der Waals surface area contributed by atoms with Crippen molar-refractivity contribution in [1.29, 1.82) is 0 Å². The Balaban J connectivity index is 1.99. The maximum atomic E-state index is 12.3. The molecular formula is C23H40N2OS2. The molecule has 1 aromatic carbocycles.